The highest BCUT2D eigenvalue weighted by atomic mass is 32.2. The van der Waals surface area contributed by atoms with Gasteiger partial charge in [-0.15, -0.1) is 21.8 Å². The second kappa shape index (κ2) is 6.22. The number of aromatic amines is 1. The van der Waals surface area contributed by atoms with Crippen LogP contribution in [0, 0.1) is 3.95 Å². The van der Waals surface area contributed by atoms with Gasteiger partial charge in [0.05, 0.1) is 10.2 Å². The maximum atomic E-state index is 5.55. The van der Waals surface area contributed by atoms with Crippen LogP contribution in [0.1, 0.15) is 12.0 Å². The third-order valence-electron chi connectivity index (χ3n) is 3.14. The standard InChI is InChI=1S/C14H17N3S3/c15-4-1-5-17-6-7-20(10-17)9-11-2-3-12-13(8-11)19-14(18)16-12/h2-3,6-8,10H,1,4-5,9,15H2,(H,16,18). The third-order valence-corrected chi connectivity index (χ3v) is 6.01. The van der Waals surface area contributed by atoms with Crippen LogP contribution in [0.3, 0.4) is 0 Å². The first kappa shape index (κ1) is 14.0. The van der Waals surface area contributed by atoms with Crippen molar-refractivity contribution in [2.75, 3.05) is 13.1 Å². The molecule has 0 fully saturated rings. The summed E-state index contributed by atoms with van der Waals surface area (Å²) in [6.45, 7) is 1.77. The van der Waals surface area contributed by atoms with E-state index in [0.717, 1.165) is 34.7 Å². The minimum atomic E-state index is 0.200. The van der Waals surface area contributed by atoms with Crippen molar-refractivity contribution >= 4 is 49.7 Å². The number of nitrogens with two attached hydrogens (primary N) is 1. The van der Waals surface area contributed by atoms with Crippen LogP contribution in [0.25, 0.3) is 10.2 Å². The zero-order valence-electron chi connectivity index (χ0n) is 11.0. The van der Waals surface area contributed by atoms with Crippen LogP contribution in [-0.4, -0.2) is 28.5 Å². The first-order chi connectivity index (χ1) is 9.74. The molecule has 0 saturated carbocycles. The Morgan fingerprint density at radius 2 is 2.30 bits per heavy atom. The third kappa shape index (κ3) is 3.20. The Hall–Kier alpha value is -0.950. The van der Waals surface area contributed by atoms with Gasteiger partial charge in [-0.25, -0.2) is 0 Å². The Morgan fingerprint density at radius 3 is 3.15 bits per heavy atom. The first-order valence-electron chi connectivity index (χ1n) is 6.54. The number of rotatable bonds is 5. The van der Waals surface area contributed by atoms with E-state index in [9.17, 15) is 0 Å². The molecule has 1 aliphatic heterocycles. The van der Waals surface area contributed by atoms with Gasteiger partial charge in [0.25, 0.3) is 0 Å². The largest absolute Gasteiger partial charge is 0.349 e. The lowest BCUT2D eigenvalue weighted by Gasteiger charge is -2.10. The molecule has 0 saturated heterocycles. The summed E-state index contributed by atoms with van der Waals surface area (Å²) in [6.07, 6.45) is 3.22. The number of hydrogen-bond donors (Lipinski definition) is 2. The summed E-state index contributed by atoms with van der Waals surface area (Å²) in [5.41, 5.74) is 10.4. The monoisotopic (exact) mass is 323 g/mol. The van der Waals surface area contributed by atoms with Gasteiger partial charge in [0.2, 0.25) is 0 Å². The van der Waals surface area contributed by atoms with E-state index in [1.807, 2.05) is 0 Å². The fourth-order valence-electron chi connectivity index (χ4n) is 2.16. The number of aromatic nitrogens is 1. The van der Waals surface area contributed by atoms with Crippen LogP contribution in [0.2, 0.25) is 0 Å². The summed E-state index contributed by atoms with van der Waals surface area (Å²) in [7, 11) is 0.200. The van der Waals surface area contributed by atoms with Crippen LogP contribution >= 0.6 is 34.0 Å². The second-order valence-electron chi connectivity index (χ2n) is 4.73. The molecular formula is C14H17N3S3. The zero-order chi connectivity index (χ0) is 13.9. The van der Waals surface area contributed by atoms with Gasteiger partial charge in [-0.2, -0.15) is 0 Å². The van der Waals surface area contributed by atoms with E-state index in [1.54, 1.807) is 11.3 Å². The topological polar surface area (TPSA) is 45.0 Å². The van der Waals surface area contributed by atoms with Gasteiger partial charge < -0.3 is 15.6 Å². The molecule has 0 aliphatic carbocycles. The number of H-pyrrole nitrogens is 1. The molecule has 0 bridgehead atoms. The molecule has 1 unspecified atom stereocenters. The number of hydrogen-bond acceptors (Lipinski definition) is 4. The average Bonchev–Trinajstić information content (AvgIpc) is 3.01. The zero-order valence-corrected chi connectivity index (χ0v) is 13.5. The molecule has 3 rings (SSSR count). The molecule has 2 aromatic rings. The van der Waals surface area contributed by atoms with E-state index in [4.69, 9.17) is 18.0 Å². The number of thiazole rings is 1. The Balaban J connectivity index is 1.73. The number of nitrogens with zero attached hydrogens (tertiary/aromatic N) is 1. The molecule has 3 nitrogen and oxygen atoms in total. The van der Waals surface area contributed by atoms with E-state index < -0.39 is 0 Å². The van der Waals surface area contributed by atoms with Crippen molar-refractivity contribution in [1.82, 2.24) is 9.88 Å². The van der Waals surface area contributed by atoms with Crippen molar-refractivity contribution in [3.63, 3.8) is 0 Å². The van der Waals surface area contributed by atoms with Gasteiger partial charge in [-0.05, 0) is 48.3 Å². The molecule has 20 heavy (non-hydrogen) atoms. The quantitative estimate of drug-likeness (QED) is 0.826. The van der Waals surface area contributed by atoms with E-state index >= 15 is 0 Å². The number of nitrogens with one attached hydrogen (secondary N) is 1. The van der Waals surface area contributed by atoms with Gasteiger partial charge in [-0.3, -0.25) is 0 Å². The van der Waals surface area contributed by atoms with E-state index in [1.165, 1.54) is 10.3 Å². The highest BCUT2D eigenvalue weighted by molar-refractivity contribution is 8.17. The molecule has 106 valence electrons. The summed E-state index contributed by atoms with van der Waals surface area (Å²) in [6, 6.07) is 6.58. The molecule has 1 aliphatic rings. The van der Waals surface area contributed by atoms with Gasteiger partial charge >= 0.3 is 0 Å². The fourth-order valence-corrected chi connectivity index (χ4v) is 4.98. The van der Waals surface area contributed by atoms with Gasteiger partial charge in [-0.1, -0.05) is 6.07 Å². The summed E-state index contributed by atoms with van der Waals surface area (Å²) in [5, 5.41) is 2.29. The Labute approximate surface area is 130 Å². The van der Waals surface area contributed by atoms with E-state index in [-0.39, 0.29) is 10.5 Å². The maximum absolute atomic E-state index is 5.55. The highest BCUT2D eigenvalue weighted by Crippen LogP contribution is 2.28. The molecule has 0 amide bonds. The van der Waals surface area contributed by atoms with E-state index in [0.29, 0.717) is 0 Å². The molecular weight excluding hydrogens is 306 g/mol. The van der Waals surface area contributed by atoms with Gasteiger partial charge in [0.1, 0.15) is 0 Å². The van der Waals surface area contributed by atoms with Crippen LogP contribution in [0.4, 0.5) is 0 Å². The molecule has 1 aromatic carbocycles. The fraction of sp³-hybridized carbons (Fsp3) is 0.286. The van der Waals surface area contributed by atoms with Crippen LogP contribution in [0.15, 0.2) is 29.8 Å². The maximum Gasteiger partial charge on any atom is 0.159 e. The molecule has 3 N–H and O–H groups in total. The minimum Gasteiger partial charge on any atom is -0.349 e. The average molecular weight is 324 g/mol. The Bertz CT molecular complexity index is 727. The SMILES string of the molecule is NCCCN1C=CS(Cc2ccc3[nH]c(=S)sc3c2)=C1. The van der Waals surface area contributed by atoms with Crippen LogP contribution in [0.5, 0.6) is 0 Å². The predicted octanol–water partition coefficient (Wildman–Crippen LogP) is 3.62. The molecule has 0 radical (unpaired) electrons. The lowest BCUT2D eigenvalue weighted by molar-refractivity contribution is 0.560. The van der Waals surface area contributed by atoms with Crippen molar-refractivity contribution in [2.45, 2.75) is 12.2 Å². The lowest BCUT2D eigenvalue weighted by Crippen LogP contribution is -2.16. The van der Waals surface area contributed by atoms with E-state index in [2.05, 4.69) is 45.2 Å². The van der Waals surface area contributed by atoms with Crippen molar-refractivity contribution in [2.24, 2.45) is 5.73 Å². The van der Waals surface area contributed by atoms with Crippen molar-refractivity contribution in [3.05, 3.63) is 39.3 Å². The predicted molar refractivity (Wildman–Crippen MR) is 93.9 cm³/mol. The van der Waals surface area contributed by atoms with Crippen LogP contribution < -0.4 is 5.73 Å². The second-order valence-corrected chi connectivity index (χ2v) is 8.16. The first-order valence-corrected chi connectivity index (χ1v) is 9.28. The summed E-state index contributed by atoms with van der Waals surface area (Å²) in [4.78, 5) is 5.46. The molecule has 1 atom stereocenters. The molecule has 6 heteroatoms. The van der Waals surface area contributed by atoms with Crippen molar-refractivity contribution < 1.29 is 0 Å². The van der Waals surface area contributed by atoms with Crippen molar-refractivity contribution in [1.29, 1.82) is 0 Å². The minimum absolute atomic E-state index is 0.200. The van der Waals surface area contributed by atoms with Gasteiger partial charge in [0, 0.05) is 24.0 Å². The highest BCUT2D eigenvalue weighted by Gasteiger charge is 2.06. The molecule has 2 heterocycles. The number of fused-ring (bicyclic) bond motifs is 1. The number of benzene rings is 1. The lowest BCUT2D eigenvalue weighted by atomic mass is 10.2. The Morgan fingerprint density at radius 1 is 1.40 bits per heavy atom. The molecule has 1 aromatic heterocycles. The summed E-state index contributed by atoms with van der Waals surface area (Å²) in [5.74, 6) is 1.07. The summed E-state index contributed by atoms with van der Waals surface area (Å²) >= 11 is 6.83. The smallest absolute Gasteiger partial charge is 0.159 e. The normalized spacial score (nSPS) is 17.9. The molecule has 0 spiro atoms. The van der Waals surface area contributed by atoms with Crippen LogP contribution in [-0.2, 0) is 5.75 Å². The Kier molecular flexibility index (Phi) is 4.35. The van der Waals surface area contributed by atoms with Gasteiger partial charge in [0.15, 0.2) is 3.95 Å². The van der Waals surface area contributed by atoms with Crippen molar-refractivity contribution in [3.8, 4) is 0 Å². The summed E-state index contributed by atoms with van der Waals surface area (Å²) < 4.78 is 2.10.